The predicted molar refractivity (Wildman–Crippen MR) is 65.1 cm³/mol. The van der Waals surface area contributed by atoms with Crippen molar-refractivity contribution in [1.29, 1.82) is 0 Å². The molecular formula is C14H19NO. The number of likely N-dealkylation sites (tertiary alicyclic amines) is 1. The van der Waals surface area contributed by atoms with Crippen LogP contribution in [0.3, 0.4) is 0 Å². The smallest absolute Gasteiger partial charge is 0.119 e. The van der Waals surface area contributed by atoms with Crippen molar-refractivity contribution < 1.29 is 4.74 Å². The molecule has 3 rings (SSSR count). The Hall–Kier alpha value is -1.02. The molecule has 0 radical (unpaired) electrons. The summed E-state index contributed by atoms with van der Waals surface area (Å²) in [6, 6.07) is 7.37. The van der Waals surface area contributed by atoms with E-state index in [9.17, 15) is 0 Å². The number of benzene rings is 1. The number of piperidine rings is 1. The average molecular weight is 217 g/mol. The fourth-order valence-corrected chi connectivity index (χ4v) is 3.21. The predicted octanol–water partition coefficient (Wildman–Crippen LogP) is 2.43. The van der Waals surface area contributed by atoms with Crippen molar-refractivity contribution >= 4 is 0 Å². The molecule has 16 heavy (non-hydrogen) atoms. The molecule has 1 fully saturated rings. The Morgan fingerprint density at radius 1 is 1.38 bits per heavy atom. The van der Waals surface area contributed by atoms with Crippen LogP contribution < -0.4 is 4.74 Å². The largest absolute Gasteiger partial charge is 0.497 e. The van der Waals surface area contributed by atoms with Crippen LogP contribution in [0.2, 0.25) is 0 Å². The van der Waals surface area contributed by atoms with Gasteiger partial charge in [-0.2, -0.15) is 0 Å². The summed E-state index contributed by atoms with van der Waals surface area (Å²) in [7, 11) is 4.01. The summed E-state index contributed by atoms with van der Waals surface area (Å²) in [4.78, 5) is 2.52. The lowest BCUT2D eigenvalue weighted by Crippen LogP contribution is -2.43. The molecule has 1 saturated heterocycles. The van der Waals surface area contributed by atoms with Gasteiger partial charge in [-0.15, -0.1) is 0 Å². The van der Waals surface area contributed by atoms with Crippen LogP contribution in [-0.2, 0) is 6.42 Å². The van der Waals surface area contributed by atoms with Gasteiger partial charge in [-0.3, -0.25) is 0 Å². The second kappa shape index (κ2) is 3.77. The molecule has 0 saturated carbocycles. The molecule has 0 spiro atoms. The monoisotopic (exact) mass is 217 g/mol. The van der Waals surface area contributed by atoms with Gasteiger partial charge < -0.3 is 9.64 Å². The van der Waals surface area contributed by atoms with Gasteiger partial charge in [0.15, 0.2) is 0 Å². The van der Waals surface area contributed by atoms with Gasteiger partial charge in [0.1, 0.15) is 5.75 Å². The summed E-state index contributed by atoms with van der Waals surface area (Å²) < 4.78 is 5.33. The van der Waals surface area contributed by atoms with Crippen molar-refractivity contribution in [2.24, 2.45) is 0 Å². The van der Waals surface area contributed by atoms with Gasteiger partial charge in [0.2, 0.25) is 0 Å². The maximum atomic E-state index is 5.33. The topological polar surface area (TPSA) is 12.5 Å². The molecule has 86 valence electrons. The highest BCUT2D eigenvalue weighted by Gasteiger charge is 2.33. The van der Waals surface area contributed by atoms with E-state index in [1.807, 2.05) is 0 Å². The van der Waals surface area contributed by atoms with E-state index in [0.717, 1.165) is 17.7 Å². The van der Waals surface area contributed by atoms with Crippen LogP contribution in [0.5, 0.6) is 5.75 Å². The number of nitrogens with zero attached hydrogens (tertiary/aromatic N) is 1. The fraction of sp³-hybridized carbons (Fsp3) is 0.571. The first-order chi connectivity index (χ1) is 7.78. The molecule has 1 aromatic rings. The van der Waals surface area contributed by atoms with Gasteiger partial charge in [0, 0.05) is 6.04 Å². The SMILES string of the molecule is COc1ccc2c(c1)[C@H]1CCN(C)C(C2)C1. The summed E-state index contributed by atoms with van der Waals surface area (Å²) in [6.07, 6.45) is 3.84. The molecule has 2 heteroatoms. The Morgan fingerprint density at radius 3 is 3.06 bits per heavy atom. The van der Waals surface area contributed by atoms with Crippen LogP contribution in [0.25, 0.3) is 0 Å². The number of methoxy groups -OCH3 is 1. The molecular weight excluding hydrogens is 198 g/mol. The van der Waals surface area contributed by atoms with Crippen LogP contribution in [0.4, 0.5) is 0 Å². The summed E-state index contributed by atoms with van der Waals surface area (Å²) in [5.74, 6) is 1.77. The van der Waals surface area contributed by atoms with Crippen molar-refractivity contribution in [2.75, 3.05) is 20.7 Å². The highest BCUT2D eigenvalue weighted by atomic mass is 16.5. The van der Waals surface area contributed by atoms with E-state index in [2.05, 4.69) is 30.1 Å². The lowest BCUT2D eigenvalue weighted by Gasteiger charge is -2.42. The maximum absolute atomic E-state index is 5.33. The maximum Gasteiger partial charge on any atom is 0.119 e. The second-order valence-corrected chi connectivity index (χ2v) is 5.12. The number of rotatable bonds is 1. The molecule has 1 aliphatic heterocycles. The lowest BCUT2D eigenvalue weighted by molar-refractivity contribution is 0.157. The minimum Gasteiger partial charge on any atom is -0.497 e. The first-order valence-corrected chi connectivity index (χ1v) is 6.15. The highest BCUT2D eigenvalue weighted by Crippen LogP contribution is 2.40. The minimum absolute atomic E-state index is 0.764. The third-order valence-electron chi connectivity index (χ3n) is 4.26. The van der Waals surface area contributed by atoms with Gasteiger partial charge >= 0.3 is 0 Å². The first-order valence-electron chi connectivity index (χ1n) is 6.15. The molecule has 2 bridgehead atoms. The van der Waals surface area contributed by atoms with E-state index in [-0.39, 0.29) is 0 Å². The molecule has 2 atom stereocenters. The Morgan fingerprint density at radius 2 is 2.25 bits per heavy atom. The number of likely N-dealkylation sites (N-methyl/N-ethyl adjacent to an activating group) is 1. The first kappa shape index (κ1) is 10.2. The average Bonchev–Trinajstić information content (AvgIpc) is 2.33. The van der Waals surface area contributed by atoms with E-state index in [4.69, 9.17) is 4.74 Å². The normalized spacial score (nSPS) is 28.6. The fourth-order valence-electron chi connectivity index (χ4n) is 3.21. The standard InChI is InChI=1S/C14H19NO/c1-15-6-5-11-8-12(15)7-10-3-4-13(16-2)9-14(10)11/h3-4,9,11-12H,5-8H2,1-2H3/t11-,12?/m0/s1. The molecule has 0 amide bonds. The Labute approximate surface area is 97.2 Å². The van der Waals surface area contributed by atoms with E-state index >= 15 is 0 Å². The van der Waals surface area contributed by atoms with Crippen LogP contribution in [-0.4, -0.2) is 31.6 Å². The molecule has 1 aliphatic carbocycles. The van der Waals surface area contributed by atoms with E-state index < -0.39 is 0 Å². The number of hydrogen-bond donors (Lipinski definition) is 0. The van der Waals surface area contributed by atoms with Crippen LogP contribution in [0.15, 0.2) is 18.2 Å². The Balaban J connectivity index is 1.99. The van der Waals surface area contributed by atoms with Crippen molar-refractivity contribution in [1.82, 2.24) is 4.90 Å². The van der Waals surface area contributed by atoms with E-state index in [1.54, 1.807) is 12.7 Å². The zero-order valence-corrected chi connectivity index (χ0v) is 10.1. The van der Waals surface area contributed by atoms with Crippen LogP contribution >= 0.6 is 0 Å². The van der Waals surface area contributed by atoms with Crippen LogP contribution in [0.1, 0.15) is 29.9 Å². The summed E-state index contributed by atoms with van der Waals surface area (Å²) in [5.41, 5.74) is 3.08. The molecule has 1 heterocycles. The molecule has 2 nitrogen and oxygen atoms in total. The zero-order chi connectivity index (χ0) is 11.1. The summed E-state index contributed by atoms with van der Waals surface area (Å²) >= 11 is 0. The zero-order valence-electron chi connectivity index (χ0n) is 10.1. The molecule has 1 aromatic carbocycles. The van der Waals surface area contributed by atoms with Crippen molar-refractivity contribution in [3.8, 4) is 5.75 Å². The quantitative estimate of drug-likeness (QED) is 0.716. The third-order valence-corrected chi connectivity index (χ3v) is 4.26. The number of hydrogen-bond acceptors (Lipinski definition) is 2. The highest BCUT2D eigenvalue weighted by molar-refractivity contribution is 5.40. The molecule has 2 aliphatic rings. The Bertz CT molecular complexity index is 402. The van der Waals surface area contributed by atoms with Gasteiger partial charge in [-0.25, -0.2) is 0 Å². The van der Waals surface area contributed by atoms with E-state index in [0.29, 0.717) is 0 Å². The summed E-state index contributed by atoms with van der Waals surface area (Å²) in [6.45, 7) is 1.24. The van der Waals surface area contributed by atoms with Gasteiger partial charge in [0.05, 0.1) is 7.11 Å². The molecule has 0 N–H and O–H groups in total. The van der Waals surface area contributed by atoms with Crippen molar-refractivity contribution in [3.05, 3.63) is 29.3 Å². The van der Waals surface area contributed by atoms with Gasteiger partial charge in [-0.1, -0.05) is 6.07 Å². The Kier molecular flexibility index (Phi) is 2.40. The van der Waals surface area contributed by atoms with E-state index in [1.165, 1.54) is 31.4 Å². The third kappa shape index (κ3) is 1.52. The van der Waals surface area contributed by atoms with Crippen LogP contribution in [0, 0.1) is 0 Å². The molecule has 1 unspecified atom stereocenters. The molecule has 0 aromatic heterocycles. The number of ether oxygens (including phenoxy) is 1. The van der Waals surface area contributed by atoms with Crippen molar-refractivity contribution in [2.45, 2.75) is 31.2 Å². The number of fused-ring (bicyclic) bond motifs is 4. The van der Waals surface area contributed by atoms with Crippen molar-refractivity contribution in [3.63, 3.8) is 0 Å². The minimum atomic E-state index is 0.764. The van der Waals surface area contributed by atoms with Gasteiger partial charge in [0.25, 0.3) is 0 Å². The van der Waals surface area contributed by atoms with Gasteiger partial charge in [-0.05, 0) is 62.0 Å². The second-order valence-electron chi connectivity index (χ2n) is 5.12. The summed E-state index contributed by atoms with van der Waals surface area (Å²) in [5, 5.41) is 0. The lowest BCUT2D eigenvalue weighted by atomic mass is 9.75.